The zero-order chi connectivity index (χ0) is 42.5. The number of anilines is 3. The molecule has 2 heterocycles. The Morgan fingerprint density at radius 2 is 1.02 bits per heavy atom. The summed E-state index contributed by atoms with van der Waals surface area (Å²) in [6.45, 7) is 4.70. The minimum atomic E-state index is -0.103. The van der Waals surface area contributed by atoms with Gasteiger partial charge in [-0.05, 0) is 111 Å². The summed E-state index contributed by atoms with van der Waals surface area (Å²) in [5, 5.41) is 4.80. The van der Waals surface area contributed by atoms with Gasteiger partial charge in [-0.25, -0.2) is 0 Å². The third kappa shape index (κ3) is 5.47. The third-order valence-electron chi connectivity index (χ3n) is 13.8. The number of aromatic nitrogens is 1. The van der Waals surface area contributed by atoms with E-state index in [9.17, 15) is 0 Å². The largest absolute Gasteiger partial charge is 0.456 e. The van der Waals surface area contributed by atoms with Gasteiger partial charge >= 0.3 is 0 Å². The molecule has 0 atom stereocenters. The van der Waals surface area contributed by atoms with E-state index in [0.29, 0.717) is 0 Å². The molecular formula is C61H42N2O. The van der Waals surface area contributed by atoms with Crippen LogP contribution in [-0.4, -0.2) is 4.57 Å². The Bertz CT molecular complexity index is 3630. The van der Waals surface area contributed by atoms with Crippen LogP contribution in [0.5, 0.6) is 11.5 Å². The van der Waals surface area contributed by atoms with Gasteiger partial charge in [-0.3, -0.25) is 0 Å². The molecule has 0 unspecified atom stereocenters. The van der Waals surface area contributed by atoms with Crippen LogP contribution in [0.3, 0.4) is 0 Å². The normalized spacial score (nSPS) is 13.1. The second kappa shape index (κ2) is 13.9. The third-order valence-corrected chi connectivity index (χ3v) is 13.8. The highest BCUT2D eigenvalue weighted by molar-refractivity contribution is 6.14. The van der Waals surface area contributed by atoms with Gasteiger partial charge in [-0.2, -0.15) is 0 Å². The molecule has 2 aliphatic rings. The molecule has 0 fully saturated rings. The first-order valence-electron chi connectivity index (χ1n) is 22.2. The monoisotopic (exact) mass is 818 g/mol. The number of hydrogen-bond acceptors (Lipinski definition) is 2. The standard InChI is InChI=1S/C61H42N2O/c1-61(2)52-20-8-6-18-49(52)60-53(61)21-12-23-55(60)62(44-31-25-40(26-32-44)39-13-4-3-5-14-39)45-33-27-41(28-34-45)42-29-35-46(36-30-42)63-54-22-9-7-17-47(54)50-37-51-48-19-10-15-43-16-11-24-57(59(43)48)64-58(51)38-56(50)63/h3-38H,1-2H3. The minimum absolute atomic E-state index is 0.103. The van der Waals surface area contributed by atoms with Crippen LogP contribution in [0.15, 0.2) is 218 Å². The van der Waals surface area contributed by atoms with E-state index in [2.05, 4.69) is 242 Å². The number of ether oxygens (including phenoxy) is 1. The Kier molecular flexibility index (Phi) is 7.95. The summed E-state index contributed by atoms with van der Waals surface area (Å²) in [6.07, 6.45) is 0. The van der Waals surface area contributed by atoms with Crippen LogP contribution >= 0.6 is 0 Å². The van der Waals surface area contributed by atoms with Crippen LogP contribution in [0.4, 0.5) is 17.1 Å². The molecule has 1 aliphatic carbocycles. The Hall–Kier alpha value is -8.14. The predicted octanol–water partition coefficient (Wildman–Crippen LogP) is 16.8. The Balaban J connectivity index is 0.888. The first kappa shape index (κ1) is 36.5. The van der Waals surface area contributed by atoms with Crippen LogP contribution in [0, 0.1) is 0 Å². The fraction of sp³-hybridized carbons (Fsp3) is 0.0492. The van der Waals surface area contributed by atoms with E-state index in [1.165, 1.54) is 71.7 Å². The van der Waals surface area contributed by atoms with E-state index in [4.69, 9.17) is 4.74 Å². The van der Waals surface area contributed by atoms with Crippen LogP contribution in [0.1, 0.15) is 25.0 Å². The number of hydrogen-bond donors (Lipinski definition) is 0. The average molecular weight is 819 g/mol. The van der Waals surface area contributed by atoms with Crippen molar-refractivity contribution >= 4 is 49.6 Å². The predicted molar refractivity (Wildman–Crippen MR) is 267 cm³/mol. The van der Waals surface area contributed by atoms with E-state index in [1.54, 1.807) is 0 Å². The van der Waals surface area contributed by atoms with Gasteiger partial charge in [0.25, 0.3) is 0 Å². The lowest BCUT2D eigenvalue weighted by atomic mass is 9.82. The average Bonchev–Trinajstić information content (AvgIpc) is 3.79. The van der Waals surface area contributed by atoms with Crippen molar-refractivity contribution in [1.29, 1.82) is 0 Å². The molecule has 0 radical (unpaired) electrons. The van der Waals surface area contributed by atoms with Crippen molar-refractivity contribution in [2.75, 3.05) is 4.90 Å². The molecule has 0 bridgehead atoms. The van der Waals surface area contributed by atoms with Gasteiger partial charge in [-0.1, -0.05) is 166 Å². The molecule has 302 valence electrons. The van der Waals surface area contributed by atoms with E-state index in [0.717, 1.165) is 50.8 Å². The van der Waals surface area contributed by atoms with Crippen molar-refractivity contribution in [3.63, 3.8) is 0 Å². The lowest BCUT2D eigenvalue weighted by Crippen LogP contribution is -2.16. The van der Waals surface area contributed by atoms with Crippen LogP contribution in [0.25, 0.3) is 82.8 Å². The number of para-hydroxylation sites is 1. The van der Waals surface area contributed by atoms with Gasteiger partial charge in [-0.15, -0.1) is 0 Å². The lowest BCUT2D eigenvalue weighted by Gasteiger charge is -2.29. The van der Waals surface area contributed by atoms with Crippen LogP contribution in [-0.2, 0) is 5.41 Å². The van der Waals surface area contributed by atoms with Gasteiger partial charge in [0.1, 0.15) is 11.5 Å². The van der Waals surface area contributed by atoms with E-state index >= 15 is 0 Å². The first-order valence-corrected chi connectivity index (χ1v) is 22.2. The molecule has 11 aromatic rings. The number of nitrogens with zero attached hydrogens (tertiary/aromatic N) is 2. The zero-order valence-corrected chi connectivity index (χ0v) is 35.6. The second-order valence-corrected chi connectivity index (χ2v) is 17.7. The Morgan fingerprint density at radius 1 is 0.422 bits per heavy atom. The van der Waals surface area contributed by atoms with Crippen LogP contribution < -0.4 is 9.64 Å². The van der Waals surface area contributed by atoms with Crippen molar-refractivity contribution in [1.82, 2.24) is 4.57 Å². The van der Waals surface area contributed by atoms with Gasteiger partial charge in [0.15, 0.2) is 0 Å². The number of rotatable bonds is 6. The molecule has 0 saturated heterocycles. The summed E-state index contributed by atoms with van der Waals surface area (Å²) >= 11 is 0. The van der Waals surface area contributed by atoms with E-state index in [-0.39, 0.29) is 5.41 Å². The molecule has 0 N–H and O–H groups in total. The molecule has 3 nitrogen and oxygen atoms in total. The van der Waals surface area contributed by atoms with Crippen molar-refractivity contribution in [2.45, 2.75) is 19.3 Å². The molecule has 13 rings (SSSR count). The maximum atomic E-state index is 6.66. The lowest BCUT2D eigenvalue weighted by molar-refractivity contribution is 0.487. The number of benzene rings is 10. The van der Waals surface area contributed by atoms with E-state index in [1.807, 2.05) is 0 Å². The smallest absolute Gasteiger partial charge is 0.137 e. The second-order valence-electron chi connectivity index (χ2n) is 17.7. The van der Waals surface area contributed by atoms with Gasteiger partial charge < -0.3 is 14.2 Å². The maximum Gasteiger partial charge on any atom is 0.137 e. The maximum absolute atomic E-state index is 6.66. The molecule has 0 spiro atoms. The summed E-state index contributed by atoms with van der Waals surface area (Å²) in [5.74, 6) is 1.79. The van der Waals surface area contributed by atoms with Crippen molar-refractivity contribution in [3.8, 4) is 61.7 Å². The highest BCUT2D eigenvalue weighted by Crippen LogP contribution is 2.54. The number of fused-ring (bicyclic) bond motifs is 8. The molecule has 1 aliphatic heterocycles. The molecule has 0 saturated carbocycles. The summed E-state index contributed by atoms with van der Waals surface area (Å²) < 4.78 is 9.03. The summed E-state index contributed by atoms with van der Waals surface area (Å²) in [6, 6.07) is 79.5. The SMILES string of the molecule is CC1(C)c2ccccc2-c2c(N(c3ccc(-c4ccccc4)cc3)c3ccc(-c4ccc(-n5c6ccccc6c6cc7c(cc65)Oc5cccc6cccc-7c56)cc4)cc3)cccc21. The Labute approximate surface area is 372 Å². The highest BCUT2D eigenvalue weighted by Gasteiger charge is 2.37. The fourth-order valence-corrected chi connectivity index (χ4v) is 10.7. The topological polar surface area (TPSA) is 17.4 Å². The first-order chi connectivity index (χ1) is 31.5. The highest BCUT2D eigenvalue weighted by atomic mass is 16.5. The summed E-state index contributed by atoms with van der Waals surface area (Å²) in [5.41, 5.74) is 19.1. The van der Waals surface area contributed by atoms with Crippen molar-refractivity contribution in [3.05, 3.63) is 230 Å². The Morgan fingerprint density at radius 3 is 1.77 bits per heavy atom. The van der Waals surface area contributed by atoms with Gasteiger partial charge in [0, 0.05) is 55.8 Å². The fourth-order valence-electron chi connectivity index (χ4n) is 10.7. The van der Waals surface area contributed by atoms with Gasteiger partial charge in [0.2, 0.25) is 0 Å². The summed E-state index contributed by atoms with van der Waals surface area (Å²) in [7, 11) is 0. The minimum Gasteiger partial charge on any atom is -0.456 e. The van der Waals surface area contributed by atoms with Crippen molar-refractivity contribution < 1.29 is 4.74 Å². The van der Waals surface area contributed by atoms with Crippen molar-refractivity contribution in [2.24, 2.45) is 0 Å². The molecule has 10 aromatic carbocycles. The molecular weight excluding hydrogens is 777 g/mol. The zero-order valence-electron chi connectivity index (χ0n) is 35.6. The van der Waals surface area contributed by atoms with Crippen LogP contribution in [0.2, 0.25) is 0 Å². The molecule has 3 heteroatoms. The molecule has 1 aromatic heterocycles. The van der Waals surface area contributed by atoms with E-state index < -0.39 is 0 Å². The summed E-state index contributed by atoms with van der Waals surface area (Å²) in [4.78, 5) is 2.43. The molecule has 0 amide bonds. The molecule has 64 heavy (non-hydrogen) atoms. The quantitative estimate of drug-likeness (QED) is 0.166. The van der Waals surface area contributed by atoms with Gasteiger partial charge in [0.05, 0.1) is 16.7 Å².